The first-order valence-corrected chi connectivity index (χ1v) is 15.7. The van der Waals surface area contributed by atoms with Crippen LogP contribution in [0.2, 0.25) is 0 Å². The molecule has 0 radical (unpaired) electrons. The van der Waals surface area contributed by atoms with Gasteiger partial charge in [-0.1, -0.05) is 103 Å². The van der Waals surface area contributed by atoms with E-state index in [1.807, 2.05) is 54.6 Å². The fourth-order valence-corrected chi connectivity index (χ4v) is 6.39. The van der Waals surface area contributed by atoms with Crippen molar-refractivity contribution in [1.82, 2.24) is 4.98 Å². The first-order valence-electron chi connectivity index (χ1n) is 15.7. The molecule has 9 rings (SSSR count). The zero-order chi connectivity index (χ0) is 31.2. The molecule has 9 aromatic rings. The van der Waals surface area contributed by atoms with Gasteiger partial charge in [0.25, 0.3) is 0 Å². The van der Waals surface area contributed by atoms with Gasteiger partial charge in [-0.25, -0.2) is 4.98 Å². The first-order chi connectivity index (χ1) is 23.3. The summed E-state index contributed by atoms with van der Waals surface area (Å²) in [6.45, 7) is 0. The number of oxazole rings is 1. The number of para-hydroxylation sites is 1. The van der Waals surface area contributed by atoms with Gasteiger partial charge in [0, 0.05) is 34.1 Å². The van der Waals surface area contributed by atoms with Gasteiger partial charge in [-0.2, -0.15) is 0 Å². The van der Waals surface area contributed by atoms with Crippen molar-refractivity contribution < 1.29 is 8.83 Å². The number of aromatic nitrogens is 1. The predicted molar refractivity (Wildman–Crippen MR) is 192 cm³/mol. The second kappa shape index (κ2) is 11.2. The van der Waals surface area contributed by atoms with Gasteiger partial charge >= 0.3 is 0 Å². The average Bonchev–Trinajstić information content (AvgIpc) is 3.75. The van der Waals surface area contributed by atoms with Crippen LogP contribution in [0.5, 0.6) is 0 Å². The van der Waals surface area contributed by atoms with Gasteiger partial charge in [0.1, 0.15) is 16.7 Å². The molecule has 0 N–H and O–H groups in total. The van der Waals surface area contributed by atoms with E-state index in [1.54, 1.807) is 0 Å². The SMILES string of the molecule is c1ccc(-c2ccc(-c3ccc(N(c4ccccc4)c4ccc5c(c4)oc4ccc6nc(-c7ccccc7)oc6c45)cc3)cc2)cc1. The number of furan rings is 1. The molecule has 4 nitrogen and oxygen atoms in total. The van der Waals surface area contributed by atoms with E-state index in [0.29, 0.717) is 5.89 Å². The lowest BCUT2D eigenvalue weighted by Gasteiger charge is -2.25. The van der Waals surface area contributed by atoms with Crippen LogP contribution in [-0.2, 0) is 0 Å². The highest BCUT2D eigenvalue weighted by Gasteiger charge is 2.19. The molecular weight excluding hydrogens is 576 g/mol. The molecule has 0 aliphatic rings. The van der Waals surface area contributed by atoms with Crippen LogP contribution < -0.4 is 4.90 Å². The van der Waals surface area contributed by atoms with Crippen molar-refractivity contribution in [2.24, 2.45) is 0 Å². The summed E-state index contributed by atoms with van der Waals surface area (Å²) in [5.74, 6) is 0.602. The molecule has 47 heavy (non-hydrogen) atoms. The van der Waals surface area contributed by atoms with E-state index in [9.17, 15) is 0 Å². The predicted octanol–water partition coefficient (Wildman–Crippen LogP) is 12.2. The van der Waals surface area contributed by atoms with E-state index in [1.165, 1.54) is 22.3 Å². The van der Waals surface area contributed by atoms with Gasteiger partial charge in [-0.15, -0.1) is 0 Å². The van der Waals surface area contributed by atoms with Crippen molar-refractivity contribution in [3.8, 4) is 33.7 Å². The number of nitrogens with zero attached hydrogens (tertiary/aromatic N) is 2. The summed E-state index contributed by atoms with van der Waals surface area (Å²) in [6, 6.07) is 58.7. The normalized spacial score (nSPS) is 11.4. The van der Waals surface area contributed by atoms with Crippen molar-refractivity contribution >= 4 is 50.1 Å². The highest BCUT2D eigenvalue weighted by Crippen LogP contribution is 2.41. The maximum absolute atomic E-state index is 6.44. The molecule has 0 aliphatic heterocycles. The molecule has 222 valence electrons. The molecule has 4 heteroatoms. The van der Waals surface area contributed by atoms with Crippen LogP contribution in [0.15, 0.2) is 179 Å². The quantitative estimate of drug-likeness (QED) is 0.189. The van der Waals surface area contributed by atoms with E-state index >= 15 is 0 Å². The summed E-state index contributed by atoms with van der Waals surface area (Å²) in [5.41, 5.74) is 12.0. The molecule has 0 saturated heterocycles. The van der Waals surface area contributed by atoms with Crippen molar-refractivity contribution in [1.29, 1.82) is 0 Å². The van der Waals surface area contributed by atoms with Gasteiger partial charge in [0.15, 0.2) is 5.58 Å². The fourth-order valence-electron chi connectivity index (χ4n) is 6.39. The lowest BCUT2D eigenvalue weighted by molar-refractivity contribution is 0.622. The van der Waals surface area contributed by atoms with Crippen LogP contribution in [-0.4, -0.2) is 4.98 Å². The summed E-state index contributed by atoms with van der Waals surface area (Å²) >= 11 is 0. The Morgan fingerprint density at radius 2 is 0.936 bits per heavy atom. The zero-order valence-corrected chi connectivity index (χ0v) is 25.4. The van der Waals surface area contributed by atoms with E-state index in [4.69, 9.17) is 13.8 Å². The Morgan fingerprint density at radius 3 is 1.60 bits per heavy atom. The zero-order valence-electron chi connectivity index (χ0n) is 25.4. The molecule has 2 heterocycles. The van der Waals surface area contributed by atoms with E-state index in [-0.39, 0.29) is 0 Å². The van der Waals surface area contributed by atoms with Gasteiger partial charge in [0.2, 0.25) is 5.89 Å². The van der Waals surface area contributed by atoms with Crippen LogP contribution in [0.4, 0.5) is 17.1 Å². The number of rotatable bonds is 6. The maximum Gasteiger partial charge on any atom is 0.227 e. The highest BCUT2D eigenvalue weighted by atomic mass is 16.4. The van der Waals surface area contributed by atoms with Gasteiger partial charge in [-0.05, 0) is 82.9 Å². The average molecular weight is 605 g/mol. The number of benzene rings is 7. The molecule has 0 amide bonds. The second-order valence-corrected chi connectivity index (χ2v) is 11.6. The molecule has 2 aromatic heterocycles. The van der Waals surface area contributed by atoms with Crippen molar-refractivity contribution in [2.45, 2.75) is 0 Å². The highest BCUT2D eigenvalue weighted by molar-refractivity contribution is 6.16. The topological polar surface area (TPSA) is 42.4 Å². The minimum atomic E-state index is 0.602. The Morgan fingerprint density at radius 1 is 0.404 bits per heavy atom. The van der Waals surface area contributed by atoms with E-state index in [0.717, 1.165) is 55.7 Å². The number of fused-ring (bicyclic) bond motifs is 5. The summed E-state index contributed by atoms with van der Waals surface area (Å²) in [7, 11) is 0. The van der Waals surface area contributed by atoms with E-state index < -0.39 is 0 Å². The molecule has 7 aromatic carbocycles. The fraction of sp³-hybridized carbons (Fsp3) is 0. The Hall–Kier alpha value is -6.39. The van der Waals surface area contributed by atoms with Crippen molar-refractivity contribution in [2.75, 3.05) is 4.90 Å². The molecule has 0 bridgehead atoms. The van der Waals surface area contributed by atoms with Crippen LogP contribution in [0, 0.1) is 0 Å². The number of anilines is 3. The van der Waals surface area contributed by atoms with Gasteiger partial charge in [0.05, 0.1) is 5.39 Å². The summed E-state index contributed by atoms with van der Waals surface area (Å²) in [4.78, 5) is 7.03. The summed E-state index contributed by atoms with van der Waals surface area (Å²) in [5, 5.41) is 1.93. The standard InChI is InChI=1S/C43H28N2O2/c1-4-10-29(11-5-1)30-16-18-31(19-17-30)32-20-22-35(23-21-32)45(34-14-8-3-9-15-34)36-24-25-37-40(28-36)46-39-27-26-38-42(41(37)39)47-43(44-38)33-12-6-2-7-13-33/h1-28H. The van der Waals surface area contributed by atoms with Crippen LogP contribution in [0.1, 0.15) is 0 Å². The molecule has 0 spiro atoms. The molecule has 0 aliphatic carbocycles. The maximum atomic E-state index is 6.44. The second-order valence-electron chi connectivity index (χ2n) is 11.6. The molecule has 0 fully saturated rings. The minimum absolute atomic E-state index is 0.602. The lowest BCUT2D eigenvalue weighted by atomic mass is 10.00. The Kier molecular flexibility index (Phi) is 6.43. The van der Waals surface area contributed by atoms with Crippen molar-refractivity contribution in [3.05, 3.63) is 170 Å². The number of hydrogen-bond donors (Lipinski definition) is 0. The largest absolute Gasteiger partial charge is 0.456 e. The third kappa shape index (κ3) is 4.84. The smallest absolute Gasteiger partial charge is 0.227 e. The van der Waals surface area contributed by atoms with E-state index in [2.05, 4.69) is 120 Å². The molecule has 0 unspecified atom stereocenters. The first kappa shape index (κ1) is 27.0. The van der Waals surface area contributed by atoms with Gasteiger partial charge in [-0.3, -0.25) is 0 Å². The summed E-state index contributed by atoms with van der Waals surface area (Å²) < 4.78 is 12.8. The minimum Gasteiger partial charge on any atom is -0.456 e. The van der Waals surface area contributed by atoms with Crippen molar-refractivity contribution in [3.63, 3.8) is 0 Å². The van der Waals surface area contributed by atoms with Crippen LogP contribution in [0.25, 0.3) is 66.7 Å². The molecule has 0 saturated carbocycles. The summed E-state index contributed by atoms with van der Waals surface area (Å²) in [6.07, 6.45) is 0. The third-order valence-electron chi connectivity index (χ3n) is 8.72. The monoisotopic (exact) mass is 604 g/mol. The molecule has 0 atom stereocenters. The van der Waals surface area contributed by atoms with Gasteiger partial charge < -0.3 is 13.7 Å². The Labute approximate surface area is 271 Å². The van der Waals surface area contributed by atoms with Crippen LogP contribution in [0.3, 0.4) is 0 Å². The van der Waals surface area contributed by atoms with Crippen LogP contribution >= 0.6 is 0 Å². The number of hydrogen-bond acceptors (Lipinski definition) is 4. The Bertz CT molecular complexity index is 2480. The molecular formula is C43H28N2O2. The Balaban J connectivity index is 1.10. The lowest BCUT2D eigenvalue weighted by Crippen LogP contribution is -2.09. The third-order valence-corrected chi connectivity index (χ3v) is 8.72.